The molecule has 0 unspecified atom stereocenters. The van der Waals surface area contributed by atoms with Crippen molar-refractivity contribution in [3.8, 4) is 11.1 Å². The molecule has 0 spiro atoms. The lowest BCUT2D eigenvalue weighted by molar-refractivity contribution is -0.138. The molecule has 1 atom stereocenters. The molecule has 3 aromatic rings. The maximum atomic E-state index is 14.0. The molecule has 1 fully saturated rings. The van der Waals surface area contributed by atoms with E-state index in [0.29, 0.717) is 36.0 Å². The highest BCUT2D eigenvalue weighted by molar-refractivity contribution is 7.92. The van der Waals surface area contributed by atoms with Crippen LogP contribution in [0.2, 0.25) is 5.02 Å². The van der Waals surface area contributed by atoms with Gasteiger partial charge in [0.2, 0.25) is 0 Å². The molecule has 0 amide bonds. The van der Waals surface area contributed by atoms with Crippen molar-refractivity contribution in [3.05, 3.63) is 82.7 Å². The summed E-state index contributed by atoms with van der Waals surface area (Å²) in [5, 5.41) is 9.71. The van der Waals surface area contributed by atoms with E-state index in [1.807, 2.05) is 36.1 Å². The summed E-state index contributed by atoms with van der Waals surface area (Å²) < 4.78 is 29.4. The third kappa shape index (κ3) is 4.88. The van der Waals surface area contributed by atoms with Crippen LogP contribution in [0.4, 0.5) is 17.1 Å². The minimum absolute atomic E-state index is 0.0844. The van der Waals surface area contributed by atoms with Crippen LogP contribution in [0.5, 0.6) is 0 Å². The lowest BCUT2D eigenvalue weighted by Crippen LogP contribution is -2.61. The number of hydrogen-bond acceptors (Lipinski definition) is 5. The number of carboxylic acids is 1. The fraction of sp³-hybridized carbons (Fsp3) is 0.259. The third-order valence-electron chi connectivity index (χ3n) is 6.78. The predicted molar refractivity (Wildman–Crippen MR) is 144 cm³/mol. The summed E-state index contributed by atoms with van der Waals surface area (Å²) in [6.45, 7) is 10.9. The van der Waals surface area contributed by atoms with Crippen molar-refractivity contribution in [1.82, 2.24) is 4.90 Å². The first-order valence-electron chi connectivity index (χ1n) is 11.8. The minimum atomic E-state index is -3.91. The summed E-state index contributed by atoms with van der Waals surface area (Å²) in [5.74, 6) is -0.904. The van der Waals surface area contributed by atoms with Crippen molar-refractivity contribution in [1.29, 1.82) is 0 Å². The normalized spacial score (nSPS) is 17.6. The second-order valence-electron chi connectivity index (χ2n) is 9.34. The lowest BCUT2D eigenvalue weighted by atomic mass is 10.00. The van der Waals surface area contributed by atoms with Crippen LogP contribution < -0.4 is 9.21 Å². The van der Waals surface area contributed by atoms with Crippen molar-refractivity contribution in [2.45, 2.75) is 17.9 Å². The zero-order valence-corrected chi connectivity index (χ0v) is 21.7. The summed E-state index contributed by atoms with van der Waals surface area (Å²) in [5.41, 5.74) is 4.04. The highest BCUT2D eigenvalue weighted by Crippen LogP contribution is 2.42. The van der Waals surface area contributed by atoms with Gasteiger partial charge in [0.25, 0.3) is 10.0 Å². The number of halogens is 1. The Labute approximate surface area is 221 Å². The van der Waals surface area contributed by atoms with Gasteiger partial charge in [-0.3, -0.25) is 14.0 Å². The van der Waals surface area contributed by atoms with Gasteiger partial charge < -0.3 is 10.0 Å². The van der Waals surface area contributed by atoms with Crippen LogP contribution in [0, 0.1) is 13.5 Å². The largest absolute Gasteiger partial charge is 0.480 e. The Morgan fingerprint density at radius 2 is 1.86 bits per heavy atom. The maximum absolute atomic E-state index is 14.0. The number of rotatable bonds is 5. The maximum Gasteiger partial charge on any atom is 0.317 e. The van der Waals surface area contributed by atoms with Gasteiger partial charge in [0.15, 0.2) is 5.69 Å². The smallest absolute Gasteiger partial charge is 0.317 e. The van der Waals surface area contributed by atoms with Crippen LogP contribution in [0.25, 0.3) is 16.0 Å². The summed E-state index contributed by atoms with van der Waals surface area (Å²) in [7, 11) is -3.91. The summed E-state index contributed by atoms with van der Waals surface area (Å²) in [6, 6.07) is 17.3. The number of hydrogen-bond donors (Lipinski definition) is 1. The average molecular weight is 537 g/mol. The molecule has 0 aromatic heterocycles. The Bertz CT molecular complexity index is 1540. The summed E-state index contributed by atoms with van der Waals surface area (Å²) in [4.78, 5) is 19.0. The highest BCUT2D eigenvalue weighted by atomic mass is 35.5. The number of sulfonamides is 1. The Morgan fingerprint density at radius 1 is 1.05 bits per heavy atom. The van der Waals surface area contributed by atoms with Crippen LogP contribution >= 0.6 is 11.6 Å². The number of carbonyl (C=O) groups is 1. The van der Waals surface area contributed by atoms with Gasteiger partial charge in [-0.25, -0.2) is 13.3 Å². The van der Waals surface area contributed by atoms with Crippen LogP contribution in [-0.4, -0.2) is 63.2 Å². The molecule has 1 saturated heterocycles. The third-order valence-corrected chi connectivity index (χ3v) is 8.77. The zero-order valence-electron chi connectivity index (χ0n) is 20.1. The molecule has 10 heteroatoms. The second kappa shape index (κ2) is 9.71. The molecular formula is C27H25ClN4O4S. The lowest BCUT2D eigenvalue weighted by Gasteiger charge is -2.49. The Balaban J connectivity index is 1.63. The van der Waals surface area contributed by atoms with Crippen molar-refractivity contribution < 1.29 is 18.3 Å². The number of fused-ring (bicyclic) bond motifs is 3. The first kappa shape index (κ1) is 25.1. The van der Waals surface area contributed by atoms with Crippen LogP contribution in [-0.2, 0) is 14.8 Å². The molecule has 2 heterocycles. The van der Waals surface area contributed by atoms with Gasteiger partial charge in [-0.05, 0) is 66.1 Å². The van der Waals surface area contributed by atoms with Crippen molar-refractivity contribution in [2.24, 2.45) is 0 Å². The topological polar surface area (TPSA) is 85.5 Å². The monoisotopic (exact) mass is 536 g/mol. The fourth-order valence-electron chi connectivity index (χ4n) is 5.10. The highest BCUT2D eigenvalue weighted by Gasteiger charge is 2.40. The predicted octanol–water partition coefficient (Wildman–Crippen LogP) is 4.65. The standard InChI is InChI=1S/C27H25ClN4O4S/c1-18-4-3-5-24(10-18)37(35,36)32-16-23-15-30(17-27(33)34)8-9-31(23)25-7-6-19(13-26(25)32)20-11-21(28)14-22(12-20)29-2/h3-7,10-14,23H,8-9,15-17H2,1H3,(H,33,34)/t23-/m0/s1. The van der Waals surface area contributed by atoms with Crippen LogP contribution in [0.15, 0.2) is 65.6 Å². The molecule has 1 N–H and O–H groups in total. The van der Waals surface area contributed by atoms with E-state index in [1.165, 1.54) is 4.31 Å². The molecule has 0 saturated carbocycles. The number of aliphatic carboxylic acids is 1. The number of aryl methyl sites for hydroxylation is 1. The van der Waals surface area contributed by atoms with E-state index < -0.39 is 16.0 Å². The molecule has 2 aliphatic rings. The Kier molecular flexibility index (Phi) is 6.58. The fourth-order valence-corrected chi connectivity index (χ4v) is 6.94. The molecule has 0 bridgehead atoms. The van der Waals surface area contributed by atoms with Gasteiger partial charge >= 0.3 is 5.97 Å². The first-order chi connectivity index (χ1) is 17.7. The molecular weight excluding hydrogens is 512 g/mol. The van der Waals surface area contributed by atoms with E-state index in [4.69, 9.17) is 18.2 Å². The van der Waals surface area contributed by atoms with Crippen LogP contribution in [0.1, 0.15) is 5.56 Å². The number of anilines is 2. The average Bonchev–Trinajstić information content (AvgIpc) is 2.87. The number of carboxylic acid groups (broad SMARTS) is 1. The first-order valence-corrected chi connectivity index (χ1v) is 13.6. The Morgan fingerprint density at radius 3 is 2.59 bits per heavy atom. The van der Waals surface area contributed by atoms with Crippen LogP contribution in [0.3, 0.4) is 0 Å². The minimum Gasteiger partial charge on any atom is -0.480 e. The van der Waals surface area contributed by atoms with Gasteiger partial charge in [0.05, 0.1) is 42.0 Å². The molecule has 8 nitrogen and oxygen atoms in total. The zero-order chi connectivity index (χ0) is 26.3. The summed E-state index contributed by atoms with van der Waals surface area (Å²) >= 11 is 6.25. The van der Waals surface area contributed by atoms with Gasteiger partial charge in [-0.15, -0.1) is 0 Å². The van der Waals surface area contributed by atoms with Gasteiger partial charge in [-0.1, -0.05) is 29.8 Å². The second-order valence-corrected chi connectivity index (χ2v) is 11.6. The SMILES string of the molecule is [C-]#[N+]c1cc(Cl)cc(-c2ccc3c(c2)N(S(=O)(=O)c2cccc(C)c2)C[C@@H]2CN(CC(=O)O)CCN32)c1. The molecule has 2 aliphatic heterocycles. The molecule has 5 rings (SSSR count). The van der Waals surface area contributed by atoms with Gasteiger partial charge in [0.1, 0.15) is 0 Å². The quantitative estimate of drug-likeness (QED) is 0.478. The van der Waals surface area contributed by atoms with Gasteiger partial charge in [0, 0.05) is 24.7 Å². The number of nitrogens with zero attached hydrogens (tertiary/aromatic N) is 4. The van der Waals surface area contributed by atoms with E-state index in [2.05, 4.69) is 9.74 Å². The van der Waals surface area contributed by atoms with Crippen molar-refractivity contribution in [2.75, 3.05) is 41.9 Å². The van der Waals surface area contributed by atoms with Crippen molar-refractivity contribution in [3.63, 3.8) is 0 Å². The molecule has 37 heavy (non-hydrogen) atoms. The molecule has 190 valence electrons. The molecule has 0 radical (unpaired) electrons. The van der Waals surface area contributed by atoms with E-state index in [9.17, 15) is 18.3 Å². The number of benzene rings is 3. The molecule has 0 aliphatic carbocycles. The van der Waals surface area contributed by atoms with E-state index >= 15 is 0 Å². The summed E-state index contributed by atoms with van der Waals surface area (Å²) in [6.07, 6.45) is 0. The van der Waals surface area contributed by atoms with Crippen molar-refractivity contribution >= 4 is 44.7 Å². The van der Waals surface area contributed by atoms with E-state index in [0.717, 1.165) is 22.4 Å². The van der Waals surface area contributed by atoms with Gasteiger partial charge in [-0.2, -0.15) is 0 Å². The number of piperazine rings is 1. The molecule has 3 aromatic carbocycles. The Hall–Kier alpha value is -3.58. The van der Waals surface area contributed by atoms with E-state index in [1.54, 1.807) is 36.4 Å². The van der Waals surface area contributed by atoms with E-state index in [-0.39, 0.29) is 24.0 Å².